The van der Waals surface area contributed by atoms with Gasteiger partial charge in [0.15, 0.2) is 5.12 Å². The Bertz CT molecular complexity index is 446. The maximum absolute atomic E-state index is 11.8. The van der Waals surface area contributed by atoms with Crippen LogP contribution in [0.1, 0.15) is 13.3 Å². The van der Waals surface area contributed by atoms with Crippen LogP contribution in [0.3, 0.4) is 0 Å². The van der Waals surface area contributed by atoms with Gasteiger partial charge in [0.1, 0.15) is 0 Å². The molecule has 0 spiro atoms. The Morgan fingerprint density at radius 1 is 1.59 bits per heavy atom. The molecule has 2 heterocycles. The van der Waals surface area contributed by atoms with Crippen LogP contribution in [0, 0.1) is 5.92 Å². The monoisotopic (exact) mass is 255 g/mol. The van der Waals surface area contributed by atoms with Crippen LogP contribution in [0.4, 0.5) is 5.95 Å². The number of amides is 1. The SMILES string of the molecule is CC(=O)SCC1CC(=O)N(c2nnn(C)n2)C1. The number of aromatic nitrogens is 4. The molecule has 8 heteroatoms. The lowest BCUT2D eigenvalue weighted by Gasteiger charge is -2.10. The van der Waals surface area contributed by atoms with Crippen molar-refractivity contribution in [1.29, 1.82) is 0 Å². The van der Waals surface area contributed by atoms with E-state index in [0.717, 1.165) is 0 Å². The molecule has 17 heavy (non-hydrogen) atoms. The highest BCUT2D eigenvalue weighted by Gasteiger charge is 2.33. The first-order valence-electron chi connectivity index (χ1n) is 5.24. The van der Waals surface area contributed by atoms with Crippen molar-refractivity contribution in [3.8, 4) is 0 Å². The summed E-state index contributed by atoms with van der Waals surface area (Å²) in [6.45, 7) is 2.09. The lowest BCUT2D eigenvalue weighted by molar-refractivity contribution is -0.117. The number of carbonyl (C=O) groups excluding carboxylic acids is 2. The zero-order valence-electron chi connectivity index (χ0n) is 9.66. The topological polar surface area (TPSA) is 81.0 Å². The van der Waals surface area contributed by atoms with E-state index in [-0.39, 0.29) is 16.9 Å². The molecule has 1 aromatic heterocycles. The Balaban J connectivity index is 1.98. The van der Waals surface area contributed by atoms with Crippen molar-refractivity contribution in [2.24, 2.45) is 13.0 Å². The second-order valence-electron chi connectivity index (χ2n) is 3.96. The summed E-state index contributed by atoms with van der Waals surface area (Å²) in [4.78, 5) is 25.5. The van der Waals surface area contributed by atoms with Crippen molar-refractivity contribution in [3.63, 3.8) is 0 Å². The third-order valence-electron chi connectivity index (χ3n) is 2.47. The van der Waals surface area contributed by atoms with Crippen LogP contribution in [-0.2, 0) is 16.6 Å². The Labute approximate surface area is 103 Å². The van der Waals surface area contributed by atoms with Crippen molar-refractivity contribution in [1.82, 2.24) is 20.2 Å². The van der Waals surface area contributed by atoms with E-state index in [9.17, 15) is 9.59 Å². The first-order chi connectivity index (χ1) is 8.06. The third kappa shape index (κ3) is 2.82. The van der Waals surface area contributed by atoms with E-state index in [0.29, 0.717) is 24.7 Å². The van der Waals surface area contributed by atoms with Gasteiger partial charge in [-0.25, -0.2) is 0 Å². The van der Waals surface area contributed by atoms with Crippen molar-refractivity contribution in [3.05, 3.63) is 0 Å². The summed E-state index contributed by atoms with van der Waals surface area (Å²) in [5.74, 6) is 1.18. The molecule has 1 aliphatic heterocycles. The summed E-state index contributed by atoms with van der Waals surface area (Å²) in [5, 5.41) is 11.6. The Kier molecular flexibility index (Phi) is 3.41. The van der Waals surface area contributed by atoms with Gasteiger partial charge in [0.25, 0.3) is 5.95 Å². The van der Waals surface area contributed by atoms with Gasteiger partial charge in [0, 0.05) is 25.6 Å². The van der Waals surface area contributed by atoms with Gasteiger partial charge < -0.3 is 0 Å². The third-order valence-corrected chi connectivity index (χ3v) is 3.51. The first kappa shape index (κ1) is 12.0. The van der Waals surface area contributed by atoms with Crippen LogP contribution in [0.2, 0.25) is 0 Å². The van der Waals surface area contributed by atoms with Crippen LogP contribution in [0.15, 0.2) is 0 Å². The lowest BCUT2D eigenvalue weighted by atomic mass is 10.1. The van der Waals surface area contributed by atoms with E-state index in [1.54, 1.807) is 7.05 Å². The normalized spacial score (nSPS) is 20.0. The standard InChI is InChI=1S/C9H13N5O2S/c1-6(15)17-5-7-3-8(16)14(4-7)9-10-12-13(2)11-9/h7H,3-5H2,1-2H3. The summed E-state index contributed by atoms with van der Waals surface area (Å²) < 4.78 is 0. The van der Waals surface area contributed by atoms with Gasteiger partial charge in [-0.3, -0.25) is 14.5 Å². The molecule has 0 saturated carbocycles. The van der Waals surface area contributed by atoms with Gasteiger partial charge in [-0.1, -0.05) is 16.9 Å². The average Bonchev–Trinajstić information content (AvgIpc) is 2.82. The number of thioether (sulfide) groups is 1. The molecule has 92 valence electrons. The van der Waals surface area contributed by atoms with Gasteiger partial charge in [-0.05, 0) is 11.1 Å². The van der Waals surface area contributed by atoms with E-state index in [1.807, 2.05) is 0 Å². The minimum atomic E-state index is -0.00727. The maximum Gasteiger partial charge on any atom is 0.272 e. The Hall–Kier alpha value is -1.44. The molecule has 0 radical (unpaired) electrons. The van der Waals surface area contributed by atoms with Crippen molar-refractivity contribution in [2.75, 3.05) is 17.2 Å². The van der Waals surface area contributed by atoms with Crippen molar-refractivity contribution in [2.45, 2.75) is 13.3 Å². The highest BCUT2D eigenvalue weighted by molar-refractivity contribution is 8.13. The molecule has 1 fully saturated rings. The molecule has 1 amide bonds. The molecule has 0 bridgehead atoms. The molecule has 1 unspecified atom stereocenters. The molecule has 0 aliphatic carbocycles. The minimum absolute atomic E-state index is 0.00727. The molecule has 0 aromatic carbocycles. The summed E-state index contributed by atoms with van der Waals surface area (Å²) in [5.41, 5.74) is 0. The van der Waals surface area contributed by atoms with Gasteiger partial charge in [-0.15, -0.1) is 5.10 Å². The van der Waals surface area contributed by atoms with Crippen molar-refractivity contribution < 1.29 is 9.59 Å². The molecule has 1 atom stereocenters. The Morgan fingerprint density at radius 3 is 2.94 bits per heavy atom. The van der Waals surface area contributed by atoms with Crippen LogP contribution >= 0.6 is 11.8 Å². The molecule has 2 rings (SSSR count). The van der Waals surface area contributed by atoms with Gasteiger partial charge in [-0.2, -0.15) is 4.80 Å². The fourth-order valence-corrected chi connectivity index (χ4v) is 2.40. The predicted octanol–water partition coefficient (Wildman–Crippen LogP) is -0.157. The summed E-state index contributed by atoms with van der Waals surface area (Å²) >= 11 is 1.25. The van der Waals surface area contributed by atoms with Crippen LogP contribution in [0.5, 0.6) is 0 Å². The molecular weight excluding hydrogens is 242 g/mol. The number of hydrogen-bond donors (Lipinski definition) is 0. The van der Waals surface area contributed by atoms with E-state index >= 15 is 0 Å². The van der Waals surface area contributed by atoms with Crippen molar-refractivity contribution >= 4 is 28.7 Å². The quantitative estimate of drug-likeness (QED) is 0.746. The molecule has 1 aromatic rings. The maximum atomic E-state index is 11.8. The molecule has 0 N–H and O–H groups in total. The summed E-state index contributed by atoms with van der Waals surface area (Å²) in [6, 6.07) is 0. The number of carbonyl (C=O) groups is 2. The zero-order chi connectivity index (χ0) is 12.4. The van der Waals surface area contributed by atoms with Crippen LogP contribution < -0.4 is 4.90 Å². The number of hydrogen-bond acceptors (Lipinski definition) is 6. The first-order valence-corrected chi connectivity index (χ1v) is 6.22. The highest BCUT2D eigenvalue weighted by atomic mass is 32.2. The number of anilines is 1. The van der Waals surface area contributed by atoms with E-state index in [2.05, 4.69) is 15.4 Å². The summed E-state index contributed by atoms with van der Waals surface area (Å²) in [7, 11) is 1.65. The van der Waals surface area contributed by atoms with Gasteiger partial charge in [0.05, 0.1) is 7.05 Å². The minimum Gasteiger partial charge on any atom is -0.288 e. The van der Waals surface area contributed by atoms with Gasteiger partial charge >= 0.3 is 0 Å². The second kappa shape index (κ2) is 4.82. The predicted molar refractivity (Wildman–Crippen MR) is 62.4 cm³/mol. The molecule has 1 aliphatic rings. The molecule has 1 saturated heterocycles. The van der Waals surface area contributed by atoms with Crippen LogP contribution in [0.25, 0.3) is 0 Å². The summed E-state index contributed by atoms with van der Waals surface area (Å²) in [6.07, 6.45) is 0.443. The van der Waals surface area contributed by atoms with Gasteiger partial charge in [0.2, 0.25) is 5.91 Å². The van der Waals surface area contributed by atoms with E-state index in [4.69, 9.17) is 0 Å². The largest absolute Gasteiger partial charge is 0.288 e. The number of tetrazole rings is 1. The van der Waals surface area contributed by atoms with E-state index < -0.39 is 0 Å². The fourth-order valence-electron chi connectivity index (χ4n) is 1.70. The fraction of sp³-hybridized carbons (Fsp3) is 0.667. The average molecular weight is 255 g/mol. The molecular formula is C9H13N5O2S. The molecule has 7 nitrogen and oxygen atoms in total. The number of rotatable bonds is 3. The van der Waals surface area contributed by atoms with Crippen LogP contribution in [-0.4, -0.2) is 43.5 Å². The highest BCUT2D eigenvalue weighted by Crippen LogP contribution is 2.24. The number of aryl methyl sites for hydroxylation is 1. The lowest BCUT2D eigenvalue weighted by Crippen LogP contribution is -2.26. The second-order valence-corrected chi connectivity index (χ2v) is 5.15. The smallest absolute Gasteiger partial charge is 0.272 e. The van der Waals surface area contributed by atoms with E-state index in [1.165, 1.54) is 28.4 Å². The Morgan fingerprint density at radius 2 is 2.35 bits per heavy atom. The number of nitrogens with zero attached hydrogens (tertiary/aromatic N) is 5. The zero-order valence-corrected chi connectivity index (χ0v) is 10.5.